The van der Waals surface area contributed by atoms with Gasteiger partial charge in [-0.1, -0.05) is 6.07 Å². The number of aromatic carboxylic acids is 1. The number of aromatic nitrogens is 2. The lowest BCUT2D eigenvalue weighted by molar-refractivity contribution is -0.134. The molecule has 1 aromatic carbocycles. The van der Waals surface area contributed by atoms with Crippen molar-refractivity contribution < 1.29 is 33.8 Å². The first-order valence-electron chi connectivity index (χ1n) is 10.3. The quantitative estimate of drug-likeness (QED) is 0.399. The number of thiazole rings is 2. The number of ether oxygens (including phenoxy) is 2. The number of hydrogen-bond donors (Lipinski definition) is 3. The molecule has 2 aliphatic heterocycles. The van der Waals surface area contributed by atoms with Gasteiger partial charge in [0.05, 0.1) is 11.2 Å². The summed E-state index contributed by atoms with van der Waals surface area (Å²) in [5.74, 6) is -1.55. The molecule has 2 aromatic heterocycles. The fourth-order valence-corrected chi connectivity index (χ4v) is 4.97. The number of fused-ring (bicyclic) bond motifs is 1. The van der Waals surface area contributed by atoms with Gasteiger partial charge in [0.25, 0.3) is 5.91 Å². The normalized spacial score (nSPS) is 17.7. The van der Waals surface area contributed by atoms with E-state index in [1.165, 1.54) is 16.7 Å². The van der Waals surface area contributed by atoms with E-state index in [0.29, 0.717) is 36.0 Å². The van der Waals surface area contributed by atoms with Crippen LogP contribution in [0.15, 0.2) is 34.5 Å². The Kier molecular flexibility index (Phi) is 6.05. The number of benzene rings is 1. The summed E-state index contributed by atoms with van der Waals surface area (Å²) in [6.07, 6.45) is -0.0283. The standard InChI is InChI=1S/C21H17N5O7S2/c27-17(25-20-23-12(8-35-20)19(29)30)13(6-11-7-34-9-22-11)26-18(28)16(24-21(26)31)10-1-2-14-15(5-10)33-4-3-32-14/h1-2,5,7-9,13,16H,3-4,6H2,(H,24,31)(H,29,30)(H,23,25,27)/t13-,16?/m0/s1. The Hall–Kier alpha value is -4.04. The fourth-order valence-electron chi connectivity index (χ4n) is 3.71. The van der Waals surface area contributed by atoms with Gasteiger partial charge < -0.3 is 25.2 Å². The van der Waals surface area contributed by atoms with E-state index in [4.69, 9.17) is 14.6 Å². The number of imide groups is 1. The van der Waals surface area contributed by atoms with Crippen LogP contribution >= 0.6 is 22.7 Å². The number of nitrogens with zero attached hydrogens (tertiary/aromatic N) is 3. The zero-order valence-corrected chi connectivity index (χ0v) is 19.4. The van der Waals surface area contributed by atoms with Crippen LogP contribution in [-0.4, -0.2) is 63.0 Å². The molecule has 0 radical (unpaired) electrons. The Morgan fingerprint density at radius 1 is 1.23 bits per heavy atom. The van der Waals surface area contributed by atoms with Gasteiger partial charge in [-0.05, 0) is 17.7 Å². The number of urea groups is 1. The van der Waals surface area contributed by atoms with E-state index in [-0.39, 0.29) is 17.2 Å². The minimum atomic E-state index is -1.25. The van der Waals surface area contributed by atoms with Crippen LogP contribution in [0.25, 0.3) is 0 Å². The molecule has 180 valence electrons. The molecule has 0 bridgehead atoms. The highest BCUT2D eigenvalue weighted by atomic mass is 32.1. The molecule has 14 heteroatoms. The highest BCUT2D eigenvalue weighted by molar-refractivity contribution is 7.14. The molecular weight excluding hydrogens is 498 g/mol. The lowest BCUT2D eigenvalue weighted by atomic mass is 10.0. The molecule has 1 fully saturated rings. The molecule has 0 aliphatic carbocycles. The molecular formula is C21H17N5O7S2. The Labute approximate surface area is 205 Å². The highest BCUT2D eigenvalue weighted by Crippen LogP contribution is 2.35. The van der Waals surface area contributed by atoms with Gasteiger partial charge in [-0.3, -0.25) is 9.59 Å². The second-order valence-electron chi connectivity index (χ2n) is 7.53. The van der Waals surface area contributed by atoms with Gasteiger partial charge in [0.2, 0.25) is 5.91 Å². The van der Waals surface area contributed by atoms with Crippen LogP contribution in [0.2, 0.25) is 0 Å². The lowest BCUT2D eigenvalue weighted by Crippen LogP contribution is -2.49. The maximum atomic E-state index is 13.4. The first-order chi connectivity index (χ1) is 16.9. The van der Waals surface area contributed by atoms with Crippen LogP contribution in [0.4, 0.5) is 9.93 Å². The van der Waals surface area contributed by atoms with Crippen molar-refractivity contribution in [2.24, 2.45) is 0 Å². The number of hydrogen-bond acceptors (Lipinski definition) is 10. The van der Waals surface area contributed by atoms with E-state index in [0.717, 1.165) is 16.2 Å². The molecule has 2 aliphatic rings. The van der Waals surface area contributed by atoms with Crippen molar-refractivity contribution in [1.82, 2.24) is 20.2 Å². The third-order valence-corrected chi connectivity index (χ3v) is 6.72. The predicted octanol–water partition coefficient (Wildman–Crippen LogP) is 1.91. The molecule has 12 nitrogen and oxygen atoms in total. The molecule has 1 unspecified atom stereocenters. The molecule has 35 heavy (non-hydrogen) atoms. The first kappa shape index (κ1) is 22.7. The predicted molar refractivity (Wildman–Crippen MR) is 123 cm³/mol. The van der Waals surface area contributed by atoms with E-state index < -0.39 is 35.9 Å². The molecule has 3 N–H and O–H groups in total. The van der Waals surface area contributed by atoms with Crippen LogP contribution in [0.1, 0.15) is 27.8 Å². The van der Waals surface area contributed by atoms with Crippen LogP contribution in [0.3, 0.4) is 0 Å². The molecule has 0 saturated carbocycles. The average molecular weight is 516 g/mol. The second kappa shape index (κ2) is 9.31. The zero-order chi connectivity index (χ0) is 24.5. The van der Waals surface area contributed by atoms with Crippen LogP contribution in [0.5, 0.6) is 11.5 Å². The number of carbonyl (C=O) groups excluding carboxylic acids is 3. The summed E-state index contributed by atoms with van der Waals surface area (Å²) in [4.78, 5) is 59.5. The number of carboxylic acids is 1. The van der Waals surface area contributed by atoms with Gasteiger partial charge in [0.15, 0.2) is 22.3 Å². The Morgan fingerprint density at radius 3 is 2.74 bits per heavy atom. The number of carboxylic acid groups (broad SMARTS) is 1. The lowest BCUT2D eigenvalue weighted by Gasteiger charge is -2.24. The van der Waals surface area contributed by atoms with E-state index in [9.17, 15) is 19.2 Å². The zero-order valence-electron chi connectivity index (χ0n) is 17.8. The number of amides is 4. The Balaban J connectivity index is 1.41. The summed E-state index contributed by atoms with van der Waals surface area (Å²) in [6.45, 7) is 0.781. The Bertz CT molecular complexity index is 1310. The van der Waals surface area contributed by atoms with Crippen LogP contribution in [-0.2, 0) is 16.0 Å². The van der Waals surface area contributed by atoms with Crippen LogP contribution < -0.4 is 20.1 Å². The van der Waals surface area contributed by atoms with E-state index in [2.05, 4.69) is 20.6 Å². The third-order valence-electron chi connectivity index (χ3n) is 5.32. The van der Waals surface area contributed by atoms with Crippen molar-refractivity contribution in [2.75, 3.05) is 18.5 Å². The minimum Gasteiger partial charge on any atom is -0.486 e. The van der Waals surface area contributed by atoms with Gasteiger partial charge in [0.1, 0.15) is 25.3 Å². The van der Waals surface area contributed by atoms with Gasteiger partial charge in [-0.15, -0.1) is 22.7 Å². The maximum absolute atomic E-state index is 13.4. The summed E-state index contributed by atoms with van der Waals surface area (Å²) in [5, 5.41) is 17.2. The number of anilines is 1. The molecule has 0 spiro atoms. The number of nitrogens with one attached hydrogen (secondary N) is 2. The van der Waals surface area contributed by atoms with Gasteiger partial charge in [-0.25, -0.2) is 24.5 Å². The summed E-state index contributed by atoms with van der Waals surface area (Å²) < 4.78 is 11.1. The van der Waals surface area contributed by atoms with Crippen molar-refractivity contribution in [1.29, 1.82) is 0 Å². The summed E-state index contributed by atoms with van der Waals surface area (Å²) in [6, 6.07) is 1.92. The fraction of sp³-hybridized carbons (Fsp3) is 0.238. The van der Waals surface area contributed by atoms with E-state index >= 15 is 0 Å². The summed E-state index contributed by atoms with van der Waals surface area (Å²) in [5.41, 5.74) is 2.35. The SMILES string of the molecule is O=C(O)c1csc(NC(=O)[C@H](Cc2cscn2)N2C(=O)NC(c3ccc4c(c3)OCCO4)C2=O)n1. The monoisotopic (exact) mass is 515 g/mol. The van der Waals surface area contributed by atoms with Crippen molar-refractivity contribution >= 4 is 51.6 Å². The summed E-state index contributed by atoms with van der Waals surface area (Å²) >= 11 is 2.23. The number of rotatable bonds is 7. The molecule has 4 heterocycles. The smallest absolute Gasteiger partial charge is 0.355 e. The van der Waals surface area contributed by atoms with Crippen molar-refractivity contribution in [3.63, 3.8) is 0 Å². The molecule has 3 aromatic rings. The van der Waals surface area contributed by atoms with Gasteiger partial charge in [-0.2, -0.15) is 0 Å². The van der Waals surface area contributed by atoms with Crippen molar-refractivity contribution in [2.45, 2.75) is 18.5 Å². The molecule has 4 amide bonds. The average Bonchev–Trinajstić information content (AvgIpc) is 3.59. The maximum Gasteiger partial charge on any atom is 0.355 e. The minimum absolute atomic E-state index is 0.0283. The molecule has 1 saturated heterocycles. The van der Waals surface area contributed by atoms with Crippen LogP contribution in [0, 0.1) is 0 Å². The molecule has 2 atom stereocenters. The molecule has 5 rings (SSSR count). The first-order valence-corrected chi connectivity index (χ1v) is 12.1. The van der Waals surface area contributed by atoms with Crippen molar-refractivity contribution in [3.05, 3.63) is 51.4 Å². The van der Waals surface area contributed by atoms with Gasteiger partial charge >= 0.3 is 12.0 Å². The number of carbonyl (C=O) groups is 4. The largest absolute Gasteiger partial charge is 0.486 e. The second-order valence-corrected chi connectivity index (χ2v) is 9.10. The third kappa shape index (κ3) is 4.52. The Morgan fingerprint density at radius 2 is 2.03 bits per heavy atom. The van der Waals surface area contributed by atoms with E-state index in [1.54, 1.807) is 29.1 Å². The summed E-state index contributed by atoms with van der Waals surface area (Å²) in [7, 11) is 0. The highest BCUT2D eigenvalue weighted by Gasteiger charge is 2.46. The van der Waals surface area contributed by atoms with E-state index in [1.807, 2.05) is 0 Å². The van der Waals surface area contributed by atoms with Crippen molar-refractivity contribution in [3.8, 4) is 11.5 Å². The topological polar surface area (TPSA) is 160 Å². The van der Waals surface area contributed by atoms with Gasteiger partial charge in [0, 0.05) is 17.2 Å².